The molecule has 18 heavy (non-hydrogen) atoms. The van der Waals surface area contributed by atoms with E-state index in [0.29, 0.717) is 11.4 Å². The maximum Gasteiger partial charge on any atom is 0.292 e. The Bertz CT molecular complexity index is 553. The molecule has 7 nitrogen and oxygen atoms in total. The van der Waals surface area contributed by atoms with Gasteiger partial charge in [0.05, 0.1) is 0 Å². The van der Waals surface area contributed by atoms with E-state index < -0.39 is 5.91 Å². The fourth-order valence-corrected chi connectivity index (χ4v) is 1.27. The van der Waals surface area contributed by atoms with Crippen LogP contribution < -0.4 is 15.8 Å². The number of anilines is 1. The molecule has 2 aromatic rings. The van der Waals surface area contributed by atoms with E-state index in [2.05, 4.69) is 15.5 Å². The number of nitrogens with zero attached hydrogens (tertiary/aromatic N) is 2. The second-order valence-electron chi connectivity index (χ2n) is 3.45. The van der Waals surface area contributed by atoms with E-state index in [1.54, 1.807) is 24.3 Å². The zero-order valence-electron chi connectivity index (χ0n) is 9.71. The highest BCUT2D eigenvalue weighted by atomic mass is 16.5. The number of ether oxygens (including phenoxy) is 1. The molecule has 1 heterocycles. The van der Waals surface area contributed by atoms with Crippen molar-refractivity contribution in [2.75, 3.05) is 12.8 Å². The number of nitrogens with two attached hydrogens (primary N) is 1. The first-order valence-electron chi connectivity index (χ1n) is 5.22. The summed E-state index contributed by atoms with van der Waals surface area (Å²) in [6, 6.07) is 6.96. The van der Waals surface area contributed by atoms with Gasteiger partial charge >= 0.3 is 0 Å². The Morgan fingerprint density at radius 3 is 3.11 bits per heavy atom. The summed E-state index contributed by atoms with van der Waals surface area (Å²) in [5.41, 5.74) is 6.21. The van der Waals surface area contributed by atoms with E-state index in [1.807, 2.05) is 0 Å². The Morgan fingerprint density at radius 1 is 1.56 bits per heavy atom. The monoisotopic (exact) mass is 248 g/mol. The van der Waals surface area contributed by atoms with Gasteiger partial charge in [-0.05, 0) is 12.1 Å². The van der Waals surface area contributed by atoms with Crippen molar-refractivity contribution >= 4 is 11.6 Å². The van der Waals surface area contributed by atoms with Gasteiger partial charge in [-0.15, -0.1) is 0 Å². The maximum absolute atomic E-state index is 11.2. The Morgan fingerprint density at radius 2 is 2.39 bits per heavy atom. The number of carbonyl (C=O) groups excluding carboxylic acids is 1. The Labute approximate surface area is 103 Å². The summed E-state index contributed by atoms with van der Waals surface area (Å²) in [7, 11) is 1.49. The van der Waals surface area contributed by atoms with Crippen molar-refractivity contribution in [2.45, 2.75) is 6.61 Å². The van der Waals surface area contributed by atoms with Gasteiger partial charge in [0.25, 0.3) is 17.6 Å². The maximum atomic E-state index is 11.2. The molecule has 0 spiro atoms. The minimum absolute atomic E-state index is 0.0244. The summed E-state index contributed by atoms with van der Waals surface area (Å²) in [6.45, 7) is 0.0768. The third-order valence-electron chi connectivity index (χ3n) is 2.12. The normalized spacial score (nSPS) is 10.1. The number of aromatic nitrogens is 2. The molecule has 7 heteroatoms. The number of benzene rings is 1. The van der Waals surface area contributed by atoms with Gasteiger partial charge in [0.1, 0.15) is 5.75 Å². The van der Waals surface area contributed by atoms with Crippen LogP contribution in [0.3, 0.4) is 0 Å². The highest BCUT2D eigenvalue weighted by Gasteiger charge is 2.12. The van der Waals surface area contributed by atoms with Crippen molar-refractivity contribution in [3.63, 3.8) is 0 Å². The van der Waals surface area contributed by atoms with Crippen molar-refractivity contribution in [3.8, 4) is 5.75 Å². The molecule has 0 aliphatic rings. The van der Waals surface area contributed by atoms with Gasteiger partial charge in [-0.25, -0.2) is 0 Å². The quantitative estimate of drug-likeness (QED) is 0.767. The molecule has 94 valence electrons. The van der Waals surface area contributed by atoms with Crippen molar-refractivity contribution in [1.82, 2.24) is 15.5 Å². The summed E-state index contributed by atoms with van der Waals surface area (Å²) >= 11 is 0. The average molecular weight is 248 g/mol. The highest BCUT2D eigenvalue weighted by Crippen LogP contribution is 2.15. The zero-order chi connectivity index (χ0) is 13.0. The number of nitrogens with one attached hydrogen (secondary N) is 1. The van der Waals surface area contributed by atoms with Crippen LogP contribution in [-0.4, -0.2) is 23.1 Å². The minimum atomic E-state index is -0.408. The highest BCUT2D eigenvalue weighted by molar-refractivity contribution is 5.89. The van der Waals surface area contributed by atoms with Crippen LogP contribution in [0.4, 0.5) is 5.69 Å². The second-order valence-corrected chi connectivity index (χ2v) is 3.45. The number of amides is 1. The zero-order valence-corrected chi connectivity index (χ0v) is 9.71. The fourth-order valence-electron chi connectivity index (χ4n) is 1.27. The van der Waals surface area contributed by atoms with Crippen LogP contribution >= 0.6 is 0 Å². The summed E-state index contributed by atoms with van der Waals surface area (Å²) in [5.74, 6) is 0.378. The molecule has 3 N–H and O–H groups in total. The molecule has 1 aromatic carbocycles. The standard InChI is InChI=1S/C11H12N4O3/c1-13-11(16)10-14-9(18-15-10)6-17-8-4-2-3-7(12)5-8/h2-5H,6,12H2,1H3,(H,13,16). The summed E-state index contributed by atoms with van der Waals surface area (Å²) < 4.78 is 10.3. The molecular weight excluding hydrogens is 236 g/mol. The van der Waals surface area contributed by atoms with Crippen LogP contribution in [0.15, 0.2) is 28.8 Å². The lowest BCUT2D eigenvalue weighted by Crippen LogP contribution is -2.19. The van der Waals surface area contributed by atoms with Gasteiger partial charge in [-0.3, -0.25) is 4.79 Å². The predicted octanol–water partition coefficient (Wildman–Crippen LogP) is 0.590. The van der Waals surface area contributed by atoms with Crippen LogP contribution in [0.2, 0.25) is 0 Å². The molecule has 1 aromatic heterocycles. The predicted molar refractivity (Wildman–Crippen MR) is 62.9 cm³/mol. The summed E-state index contributed by atoms with van der Waals surface area (Å²) in [4.78, 5) is 15.1. The van der Waals surface area contributed by atoms with Crippen LogP contribution in [0.1, 0.15) is 16.5 Å². The molecule has 0 radical (unpaired) electrons. The minimum Gasteiger partial charge on any atom is -0.484 e. The SMILES string of the molecule is CNC(=O)c1noc(COc2cccc(N)c2)n1. The smallest absolute Gasteiger partial charge is 0.292 e. The number of carbonyl (C=O) groups is 1. The Balaban J connectivity index is 1.98. The molecule has 0 bridgehead atoms. The van der Waals surface area contributed by atoms with E-state index in [9.17, 15) is 4.79 Å². The molecule has 0 atom stereocenters. The van der Waals surface area contributed by atoms with E-state index >= 15 is 0 Å². The van der Waals surface area contributed by atoms with Crippen molar-refractivity contribution in [2.24, 2.45) is 0 Å². The van der Waals surface area contributed by atoms with Gasteiger partial charge in [0, 0.05) is 18.8 Å². The molecular formula is C11H12N4O3. The number of rotatable bonds is 4. The number of nitrogen functional groups attached to an aromatic ring is 1. The number of hydrogen-bond acceptors (Lipinski definition) is 6. The summed E-state index contributed by atoms with van der Waals surface area (Å²) in [6.07, 6.45) is 0. The van der Waals surface area contributed by atoms with Crippen LogP contribution in [0, 0.1) is 0 Å². The van der Waals surface area contributed by atoms with Crippen molar-refractivity contribution in [1.29, 1.82) is 0 Å². The van der Waals surface area contributed by atoms with Gasteiger partial charge in [-0.1, -0.05) is 11.2 Å². The van der Waals surface area contributed by atoms with Crippen LogP contribution in [0.5, 0.6) is 5.75 Å². The first-order chi connectivity index (χ1) is 8.69. The van der Waals surface area contributed by atoms with E-state index in [4.69, 9.17) is 15.0 Å². The summed E-state index contributed by atoms with van der Waals surface area (Å²) in [5, 5.41) is 5.91. The first-order valence-corrected chi connectivity index (χ1v) is 5.22. The lowest BCUT2D eigenvalue weighted by molar-refractivity contribution is 0.0950. The van der Waals surface area contributed by atoms with E-state index in [0.717, 1.165) is 0 Å². The van der Waals surface area contributed by atoms with Gasteiger partial charge in [0.15, 0.2) is 6.61 Å². The van der Waals surface area contributed by atoms with Crippen molar-refractivity contribution in [3.05, 3.63) is 36.0 Å². The molecule has 1 amide bonds. The van der Waals surface area contributed by atoms with E-state index in [1.165, 1.54) is 7.05 Å². The van der Waals surface area contributed by atoms with Crippen molar-refractivity contribution < 1.29 is 14.1 Å². The molecule has 0 fully saturated rings. The molecule has 0 saturated carbocycles. The first kappa shape index (κ1) is 11.9. The lowest BCUT2D eigenvalue weighted by Gasteiger charge is -2.02. The Hall–Kier alpha value is -2.57. The van der Waals surface area contributed by atoms with Crippen LogP contribution in [0.25, 0.3) is 0 Å². The fraction of sp³-hybridized carbons (Fsp3) is 0.182. The van der Waals surface area contributed by atoms with Gasteiger partial charge < -0.3 is 20.3 Å². The van der Waals surface area contributed by atoms with Crippen LogP contribution in [-0.2, 0) is 6.61 Å². The van der Waals surface area contributed by atoms with Gasteiger partial charge in [-0.2, -0.15) is 4.98 Å². The molecule has 0 aliphatic carbocycles. The average Bonchev–Trinajstić information content (AvgIpc) is 2.84. The van der Waals surface area contributed by atoms with E-state index in [-0.39, 0.29) is 18.3 Å². The molecule has 0 unspecified atom stereocenters. The Kier molecular flexibility index (Phi) is 3.42. The largest absolute Gasteiger partial charge is 0.484 e. The molecule has 2 rings (SSSR count). The topological polar surface area (TPSA) is 103 Å². The molecule has 0 saturated heterocycles. The third-order valence-corrected chi connectivity index (χ3v) is 2.12. The molecule has 0 aliphatic heterocycles. The third kappa shape index (κ3) is 2.76. The lowest BCUT2D eigenvalue weighted by atomic mass is 10.3. The second kappa shape index (κ2) is 5.17. The van der Waals surface area contributed by atoms with Gasteiger partial charge in [0.2, 0.25) is 0 Å². The number of hydrogen-bond donors (Lipinski definition) is 2.